The van der Waals surface area contributed by atoms with Crippen molar-refractivity contribution in [3.8, 4) is 6.57 Å². The second kappa shape index (κ2) is 2.14. The molecule has 0 radical (unpaired) electrons. The molecule has 0 N–H and O–H groups in total. The van der Waals surface area contributed by atoms with Crippen molar-refractivity contribution in [2.75, 3.05) is 13.6 Å². The Labute approximate surface area is 59.8 Å². The minimum atomic E-state index is -0.0833. The number of carbonyl (C=O) groups excluding carboxylic acids is 1. The quantitative estimate of drug-likeness (QED) is 0.482. The van der Waals surface area contributed by atoms with Gasteiger partial charge in [-0.25, -0.2) is 0 Å². The highest BCUT2D eigenvalue weighted by Gasteiger charge is 2.33. The van der Waals surface area contributed by atoms with Crippen LogP contribution in [0.25, 0.3) is 4.85 Å². The largest absolute Gasteiger partial charge is 0.404 e. The third-order valence-corrected chi connectivity index (χ3v) is 1.56. The summed E-state index contributed by atoms with van der Waals surface area (Å²) in [7, 11) is 1.73. The van der Waals surface area contributed by atoms with E-state index in [9.17, 15) is 4.79 Å². The molecule has 0 aromatic rings. The van der Waals surface area contributed by atoms with Gasteiger partial charge in [0, 0.05) is 19.2 Å². The number of amides is 1. The zero-order chi connectivity index (χ0) is 7.72. The van der Waals surface area contributed by atoms with Crippen LogP contribution in [0.4, 0.5) is 0 Å². The van der Waals surface area contributed by atoms with Crippen LogP contribution in [-0.4, -0.2) is 24.4 Å². The molecule has 0 unspecified atom stereocenters. The van der Waals surface area contributed by atoms with Crippen molar-refractivity contribution in [1.82, 2.24) is 4.90 Å². The van der Waals surface area contributed by atoms with Crippen LogP contribution in [0.1, 0.15) is 6.92 Å². The van der Waals surface area contributed by atoms with E-state index in [0.29, 0.717) is 12.2 Å². The van der Waals surface area contributed by atoms with Gasteiger partial charge >= 0.3 is 11.6 Å². The number of hydrogen-bond donors (Lipinski definition) is 0. The van der Waals surface area contributed by atoms with E-state index in [0.717, 1.165) is 5.57 Å². The lowest BCUT2D eigenvalue weighted by molar-refractivity contribution is -0.124. The predicted molar refractivity (Wildman–Crippen MR) is 38.6 cm³/mol. The highest BCUT2D eigenvalue weighted by Crippen LogP contribution is 2.17. The summed E-state index contributed by atoms with van der Waals surface area (Å²) in [4.78, 5) is 16.0. The molecule has 1 rings (SSSR count). The van der Waals surface area contributed by atoms with Gasteiger partial charge in [-0.3, -0.25) is 4.79 Å². The van der Waals surface area contributed by atoms with E-state index in [1.165, 1.54) is 0 Å². The standard InChI is InChI=1S/C7H9N2O/c1-5-4-9(3)7(10)6(5)8-2/h2H,4H2,1,3H3/q+1. The molecule has 0 atom stereocenters. The van der Waals surface area contributed by atoms with Gasteiger partial charge in [0.05, 0.1) is 0 Å². The first kappa shape index (κ1) is 6.81. The van der Waals surface area contributed by atoms with E-state index in [-0.39, 0.29) is 5.91 Å². The SMILES string of the molecule is C#[N+]C1=C(C)CN(C)C1=O. The molecule has 1 heterocycles. The van der Waals surface area contributed by atoms with Crippen molar-refractivity contribution in [2.24, 2.45) is 0 Å². The van der Waals surface area contributed by atoms with Crippen molar-refractivity contribution in [3.05, 3.63) is 16.1 Å². The van der Waals surface area contributed by atoms with E-state index in [1.54, 1.807) is 11.9 Å². The van der Waals surface area contributed by atoms with Gasteiger partial charge in [-0.1, -0.05) is 0 Å². The van der Waals surface area contributed by atoms with Gasteiger partial charge in [-0.2, -0.15) is 0 Å². The fourth-order valence-electron chi connectivity index (χ4n) is 1.03. The first-order valence-corrected chi connectivity index (χ1v) is 3.03. The lowest BCUT2D eigenvalue weighted by atomic mass is 10.3. The number of nitrogens with zero attached hydrogens (tertiary/aromatic N) is 2. The van der Waals surface area contributed by atoms with Gasteiger partial charge in [0.15, 0.2) is 0 Å². The van der Waals surface area contributed by atoms with Crippen molar-refractivity contribution < 1.29 is 4.79 Å². The molecule has 0 saturated heterocycles. The molecule has 1 amide bonds. The molecule has 0 aromatic heterocycles. The molecular formula is C7H9N2O+. The highest BCUT2D eigenvalue weighted by molar-refractivity contribution is 5.98. The van der Waals surface area contributed by atoms with Crippen LogP contribution in [-0.2, 0) is 4.79 Å². The van der Waals surface area contributed by atoms with Crippen LogP contribution in [0.5, 0.6) is 0 Å². The molecular weight excluding hydrogens is 128 g/mol. The fraction of sp³-hybridized carbons (Fsp3) is 0.429. The number of likely N-dealkylation sites (N-methyl/N-ethyl adjacent to an activating group) is 1. The third kappa shape index (κ3) is 0.781. The highest BCUT2D eigenvalue weighted by atomic mass is 16.2. The van der Waals surface area contributed by atoms with Crippen LogP contribution in [0.3, 0.4) is 0 Å². The number of carbonyl (C=O) groups is 1. The zero-order valence-corrected chi connectivity index (χ0v) is 6.09. The van der Waals surface area contributed by atoms with Gasteiger partial charge in [0.25, 0.3) is 6.57 Å². The van der Waals surface area contributed by atoms with Crippen LogP contribution < -0.4 is 0 Å². The van der Waals surface area contributed by atoms with Crippen molar-refractivity contribution in [2.45, 2.75) is 6.92 Å². The molecule has 0 fully saturated rings. The maximum Gasteiger partial charge on any atom is 0.404 e. The van der Waals surface area contributed by atoms with Crippen molar-refractivity contribution in [3.63, 3.8) is 0 Å². The monoisotopic (exact) mass is 137 g/mol. The van der Waals surface area contributed by atoms with Gasteiger partial charge in [0.2, 0.25) is 0 Å². The Balaban J connectivity index is 2.99. The molecule has 3 heteroatoms. The average molecular weight is 137 g/mol. The smallest absolute Gasteiger partial charge is 0.331 e. The van der Waals surface area contributed by atoms with E-state index < -0.39 is 0 Å². The molecule has 1 aliphatic heterocycles. The second-order valence-corrected chi connectivity index (χ2v) is 2.42. The molecule has 3 nitrogen and oxygen atoms in total. The molecule has 0 aromatic carbocycles. The lowest BCUT2D eigenvalue weighted by Gasteiger charge is -2.03. The molecule has 10 heavy (non-hydrogen) atoms. The summed E-state index contributed by atoms with van der Waals surface area (Å²) in [5.74, 6) is -0.0833. The van der Waals surface area contributed by atoms with Gasteiger partial charge in [0.1, 0.15) is 0 Å². The molecule has 0 aliphatic carbocycles. The Hall–Kier alpha value is -1.30. The zero-order valence-electron chi connectivity index (χ0n) is 6.09. The second-order valence-electron chi connectivity index (χ2n) is 2.42. The predicted octanol–water partition coefficient (Wildman–Crippen LogP) is 0.695. The van der Waals surface area contributed by atoms with Crippen LogP contribution >= 0.6 is 0 Å². The Morgan fingerprint density at radius 1 is 1.70 bits per heavy atom. The summed E-state index contributed by atoms with van der Waals surface area (Å²) in [6.07, 6.45) is 0. The topological polar surface area (TPSA) is 24.7 Å². The maximum absolute atomic E-state index is 11.0. The summed E-state index contributed by atoms with van der Waals surface area (Å²) in [5, 5.41) is 0. The molecule has 1 aliphatic rings. The van der Waals surface area contributed by atoms with Gasteiger partial charge in [-0.15, -0.1) is 0 Å². The first-order chi connectivity index (χ1) is 4.66. The normalized spacial score (nSPS) is 18.1. The minimum Gasteiger partial charge on any atom is -0.331 e. The maximum atomic E-state index is 11.0. The Bertz CT molecular complexity index is 247. The summed E-state index contributed by atoms with van der Waals surface area (Å²) in [6, 6.07) is 0. The average Bonchev–Trinajstić information content (AvgIpc) is 2.09. The Morgan fingerprint density at radius 3 is 2.50 bits per heavy atom. The molecule has 0 bridgehead atoms. The number of rotatable bonds is 0. The molecule has 0 saturated carbocycles. The van der Waals surface area contributed by atoms with E-state index in [4.69, 9.17) is 6.57 Å². The molecule has 0 spiro atoms. The first-order valence-electron chi connectivity index (χ1n) is 3.03. The Morgan fingerprint density at radius 2 is 2.30 bits per heavy atom. The summed E-state index contributed by atoms with van der Waals surface area (Å²) in [6.45, 7) is 7.50. The van der Waals surface area contributed by atoms with Gasteiger partial charge < -0.3 is 4.90 Å². The third-order valence-electron chi connectivity index (χ3n) is 1.56. The number of hydrogen-bond acceptors (Lipinski definition) is 1. The van der Waals surface area contributed by atoms with Crippen molar-refractivity contribution >= 4 is 5.91 Å². The summed E-state index contributed by atoms with van der Waals surface area (Å²) >= 11 is 0. The summed E-state index contributed by atoms with van der Waals surface area (Å²) in [5.41, 5.74) is 1.34. The van der Waals surface area contributed by atoms with Crippen LogP contribution in [0.15, 0.2) is 11.3 Å². The molecule has 52 valence electrons. The van der Waals surface area contributed by atoms with Crippen LogP contribution in [0.2, 0.25) is 0 Å². The lowest BCUT2D eigenvalue weighted by Crippen LogP contribution is -2.21. The fourth-order valence-corrected chi connectivity index (χ4v) is 1.03. The van der Waals surface area contributed by atoms with Crippen LogP contribution in [0, 0.1) is 6.57 Å². The van der Waals surface area contributed by atoms with Crippen molar-refractivity contribution in [1.29, 1.82) is 0 Å². The van der Waals surface area contributed by atoms with E-state index >= 15 is 0 Å². The minimum absolute atomic E-state index is 0.0833. The van der Waals surface area contributed by atoms with E-state index in [1.807, 2.05) is 6.92 Å². The van der Waals surface area contributed by atoms with E-state index in [2.05, 4.69) is 4.85 Å². The summed E-state index contributed by atoms with van der Waals surface area (Å²) < 4.78 is 0. The Kier molecular flexibility index (Phi) is 1.46. The van der Waals surface area contributed by atoms with Gasteiger partial charge in [-0.05, 0) is 11.8 Å².